The van der Waals surface area contributed by atoms with Gasteiger partial charge in [0.25, 0.3) is 0 Å². The van der Waals surface area contributed by atoms with Crippen molar-refractivity contribution in [2.75, 3.05) is 50.8 Å². The summed E-state index contributed by atoms with van der Waals surface area (Å²) in [5.41, 5.74) is 0.867. The first-order chi connectivity index (χ1) is 11.6. The van der Waals surface area contributed by atoms with Gasteiger partial charge in [0.1, 0.15) is 5.75 Å². The summed E-state index contributed by atoms with van der Waals surface area (Å²) in [6.45, 7) is 9.04. The van der Waals surface area contributed by atoms with Crippen molar-refractivity contribution in [2.24, 2.45) is 0 Å². The van der Waals surface area contributed by atoms with Crippen LogP contribution in [0.25, 0.3) is 0 Å². The van der Waals surface area contributed by atoms with E-state index >= 15 is 0 Å². The summed E-state index contributed by atoms with van der Waals surface area (Å²) >= 11 is 0. The second kappa shape index (κ2) is 9.49. The molecule has 0 radical (unpaired) electrons. The quantitative estimate of drug-likeness (QED) is 0.704. The number of benzene rings is 1. The predicted octanol–water partition coefficient (Wildman–Crippen LogP) is 1.45. The molecule has 134 valence electrons. The lowest BCUT2D eigenvalue weighted by Gasteiger charge is -2.35. The molecule has 1 aromatic rings. The van der Waals surface area contributed by atoms with Crippen LogP contribution in [0.1, 0.15) is 20.3 Å². The van der Waals surface area contributed by atoms with Crippen LogP contribution in [0.3, 0.4) is 0 Å². The number of para-hydroxylation sites is 2. The topological polar surface area (TPSA) is 65.0 Å². The van der Waals surface area contributed by atoms with Crippen LogP contribution in [-0.4, -0.2) is 67.9 Å². The molecule has 0 bridgehead atoms. The number of ether oxygens (including phenoxy) is 1. The molecule has 0 spiro atoms. The Hall–Kier alpha value is -1.79. The smallest absolute Gasteiger partial charge is 0.234 e. The highest BCUT2D eigenvalue weighted by Gasteiger charge is 2.20. The Bertz CT molecular complexity index is 514. The third kappa shape index (κ3) is 6.02. The van der Waals surface area contributed by atoms with Gasteiger partial charge in [0.15, 0.2) is 0 Å². The van der Waals surface area contributed by atoms with E-state index in [9.17, 15) is 9.90 Å². The highest BCUT2D eigenvalue weighted by Crippen LogP contribution is 2.26. The van der Waals surface area contributed by atoms with Crippen molar-refractivity contribution in [1.29, 1.82) is 0 Å². The van der Waals surface area contributed by atoms with E-state index in [0.29, 0.717) is 25.4 Å². The molecule has 1 fully saturated rings. The number of carbonyl (C=O) groups excluding carboxylic acids is 1. The van der Waals surface area contributed by atoms with E-state index in [1.54, 1.807) is 6.07 Å². The number of phenolic OH excluding ortho intramolecular Hbond substituents is 1. The number of hydrogen-bond acceptors (Lipinski definition) is 5. The van der Waals surface area contributed by atoms with Gasteiger partial charge in [0.05, 0.1) is 18.3 Å². The first kappa shape index (κ1) is 18.5. The van der Waals surface area contributed by atoms with Gasteiger partial charge in [-0.1, -0.05) is 12.1 Å². The largest absolute Gasteiger partial charge is 0.506 e. The van der Waals surface area contributed by atoms with Crippen molar-refractivity contribution in [2.45, 2.75) is 26.4 Å². The molecule has 0 saturated carbocycles. The van der Waals surface area contributed by atoms with Gasteiger partial charge >= 0.3 is 0 Å². The van der Waals surface area contributed by atoms with Crippen molar-refractivity contribution in [3.63, 3.8) is 0 Å². The van der Waals surface area contributed by atoms with Gasteiger partial charge in [-0.15, -0.1) is 0 Å². The minimum atomic E-state index is 0.0653. The Balaban J connectivity index is 1.64. The van der Waals surface area contributed by atoms with Gasteiger partial charge in [0.2, 0.25) is 5.91 Å². The van der Waals surface area contributed by atoms with Gasteiger partial charge in [-0.2, -0.15) is 0 Å². The summed E-state index contributed by atoms with van der Waals surface area (Å²) in [4.78, 5) is 16.3. The molecule has 1 aliphatic heterocycles. The Kier molecular flexibility index (Phi) is 7.34. The number of aromatic hydroxyl groups is 1. The summed E-state index contributed by atoms with van der Waals surface area (Å²) < 4.78 is 5.45. The molecule has 2 N–H and O–H groups in total. The Labute approximate surface area is 144 Å². The van der Waals surface area contributed by atoms with E-state index in [-0.39, 0.29) is 12.0 Å². The SMILES string of the molecule is CC(C)OCCCNC(=O)CN1CCN(c2ccccc2O)CC1. The van der Waals surface area contributed by atoms with Crippen molar-refractivity contribution in [3.8, 4) is 5.75 Å². The summed E-state index contributed by atoms with van der Waals surface area (Å²) in [5, 5.41) is 12.9. The van der Waals surface area contributed by atoms with Gasteiger partial charge in [0, 0.05) is 39.3 Å². The average Bonchev–Trinajstić information content (AvgIpc) is 2.55. The normalized spacial score (nSPS) is 15.7. The molecule has 6 nitrogen and oxygen atoms in total. The number of amides is 1. The van der Waals surface area contributed by atoms with E-state index in [2.05, 4.69) is 15.1 Å². The third-order valence-electron chi connectivity index (χ3n) is 4.06. The van der Waals surface area contributed by atoms with Crippen LogP contribution in [0, 0.1) is 0 Å². The number of carbonyl (C=O) groups is 1. The number of nitrogens with zero attached hydrogens (tertiary/aromatic N) is 2. The number of rotatable bonds is 8. The number of piperazine rings is 1. The Morgan fingerprint density at radius 1 is 1.25 bits per heavy atom. The first-order valence-corrected chi connectivity index (χ1v) is 8.70. The van der Waals surface area contributed by atoms with E-state index in [1.807, 2.05) is 32.0 Å². The maximum atomic E-state index is 12.0. The number of phenols is 1. The summed E-state index contributed by atoms with van der Waals surface area (Å²) in [5.74, 6) is 0.378. The van der Waals surface area contributed by atoms with Crippen LogP contribution < -0.4 is 10.2 Å². The lowest BCUT2D eigenvalue weighted by molar-refractivity contribution is -0.122. The fraction of sp³-hybridized carbons (Fsp3) is 0.611. The molecule has 0 atom stereocenters. The zero-order chi connectivity index (χ0) is 17.4. The molecule has 0 aromatic heterocycles. The molecule has 2 rings (SSSR count). The maximum Gasteiger partial charge on any atom is 0.234 e. The van der Waals surface area contributed by atoms with E-state index in [1.165, 1.54) is 0 Å². The van der Waals surface area contributed by atoms with Crippen LogP contribution in [-0.2, 0) is 9.53 Å². The number of anilines is 1. The fourth-order valence-electron chi connectivity index (χ4n) is 2.76. The summed E-state index contributed by atoms with van der Waals surface area (Å²) in [7, 11) is 0. The van der Waals surface area contributed by atoms with Crippen LogP contribution in [0.5, 0.6) is 5.75 Å². The number of hydrogen-bond donors (Lipinski definition) is 2. The van der Waals surface area contributed by atoms with Crippen LogP contribution in [0.4, 0.5) is 5.69 Å². The van der Waals surface area contributed by atoms with Crippen molar-refractivity contribution < 1.29 is 14.6 Å². The molecule has 0 unspecified atom stereocenters. The van der Waals surface area contributed by atoms with Gasteiger partial charge in [-0.25, -0.2) is 0 Å². The molecule has 1 aromatic carbocycles. The van der Waals surface area contributed by atoms with E-state index < -0.39 is 0 Å². The van der Waals surface area contributed by atoms with Crippen molar-refractivity contribution in [1.82, 2.24) is 10.2 Å². The zero-order valence-electron chi connectivity index (χ0n) is 14.7. The number of nitrogens with one attached hydrogen (secondary N) is 1. The van der Waals surface area contributed by atoms with E-state index in [0.717, 1.165) is 38.3 Å². The van der Waals surface area contributed by atoms with Crippen molar-refractivity contribution in [3.05, 3.63) is 24.3 Å². The molecular formula is C18H29N3O3. The highest BCUT2D eigenvalue weighted by atomic mass is 16.5. The standard InChI is InChI=1S/C18H29N3O3/c1-15(2)24-13-5-8-19-18(23)14-20-9-11-21(12-10-20)16-6-3-4-7-17(16)22/h3-4,6-7,15,22H,5,8-14H2,1-2H3,(H,19,23). The van der Waals surface area contributed by atoms with E-state index in [4.69, 9.17) is 4.74 Å². The Morgan fingerprint density at radius 2 is 1.96 bits per heavy atom. The summed E-state index contributed by atoms with van der Waals surface area (Å²) in [6.07, 6.45) is 1.08. The second-order valence-electron chi connectivity index (χ2n) is 6.37. The van der Waals surface area contributed by atoms with Crippen LogP contribution >= 0.6 is 0 Å². The molecular weight excluding hydrogens is 306 g/mol. The minimum absolute atomic E-state index is 0.0653. The lowest BCUT2D eigenvalue weighted by atomic mass is 10.2. The monoisotopic (exact) mass is 335 g/mol. The predicted molar refractivity (Wildman–Crippen MR) is 95.5 cm³/mol. The fourth-order valence-corrected chi connectivity index (χ4v) is 2.76. The molecule has 0 aliphatic carbocycles. The minimum Gasteiger partial charge on any atom is -0.506 e. The highest BCUT2D eigenvalue weighted by molar-refractivity contribution is 5.78. The lowest BCUT2D eigenvalue weighted by Crippen LogP contribution is -2.49. The molecule has 1 aliphatic rings. The molecule has 6 heteroatoms. The molecule has 1 saturated heterocycles. The van der Waals surface area contributed by atoms with Gasteiger partial charge in [-0.05, 0) is 32.4 Å². The molecule has 24 heavy (non-hydrogen) atoms. The summed E-state index contributed by atoms with van der Waals surface area (Å²) in [6, 6.07) is 7.39. The maximum absolute atomic E-state index is 12.0. The molecule has 1 amide bonds. The van der Waals surface area contributed by atoms with Gasteiger partial charge < -0.3 is 20.1 Å². The second-order valence-corrected chi connectivity index (χ2v) is 6.37. The zero-order valence-corrected chi connectivity index (χ0v) is 14.7. The Morgan fingerprint density at radius 3 is 2.62 bits per heavy atom. The average molecular weight is 335 g/mol. The van der Waals surface area contributed by atoms with Crippen LogP contribution in [0.2, 0.25) is 0 Å². The third-order valence-corrected chi connectivity index (χ3v) is 4.06. The van der Waals surface area contributed by atoms with Gasteiger partial charge in [-0.3, -0.25) is 9.69 Å². The van der Waals surface area contributed by atoms with Crippen molar-refractivity contribution >= 4 is 11.6 Å². The molecule has 1 heterocycles. The first-order valence-electron chi connectivity index (χ1n) is 8.70. The van der Waals surface area contributed by atoms with Crippen LogP contribution in [0.15, 0.2) is 24.3 Å².